The quantitative estimate of drug-likeness (QED) is 0.888. The van der Waals surface area contributed by atoms with Gasteiger partial charge in [-0.05, 0) is 74.7 Å². The maximum absolute atomic E-state index is 6.21. The average molecular weight is 280 g/mol. The number of hydrogen-bond acceptors (Lipinski definition) is 2. The molecule has 3 rings (SSSR count). The van der Waals surface area contributed by atoms with Crippen molar-refractivity contribution in [1.29, 1.82) is 0 Å². The van der Waals surface area contributed by atoms with Gasteiger partial charge in [-0.2, -0.15) is 0 Å². The molecule has 3 heteroatoms. The first-order valence-electron chi connectivity index (χ1n) is 7.43. The number of ether oxygens (including phenoxy) is 1. The number of hydrogen-bond donors (Lipinski definition) is 1. The number of benzene rings is 1. The summed E-state index contributed by atoms with van der Waals surface area (Å²) in [6, 6.07) is 6.28. The molecule has 1 saturated carbocycles. The van der Waals surface area contributed by atoms with Crippen LogP contribution in [0.3, 0.4) is 0 Å². The normalized spacial score (nSPS) is 20.5. The Morgan fingerprint density at radius 1 is 1.11 bits per heavy atom. The van der Waals surface area contributed by atoms with Gasteiger partial charge in [-0.1, -0.05) is 17.7 Å². The number of piperidine rings is 1. The van der Waals surface area contributed by atoms with E-state index in [1.54, 1.807) is 0 Å². The summed E-state index contributed by atoms with van der Waals surface area (Å²) in [4.78, 5) is 0. The van der Waals surface area contributed by atoms with Crippen LogP contribution >= 0.6 is 11.6 Å². The molecule has 2 fully saturated rings. The summed E-state index contributed by atoms with van der Waals surface area (Å²) in [5.74, 6) is 2.45. The van der Waals surface area contributed by atoms with Crippen LogP contribution in [0.15, 0.2) is 18.2 Å². The van der Waals surface area contributed by atoms with Gasteiger partial charge in [0, 0.05) is 0 Å². The smallest absolute Gasteiger partial charge is 0.138 e. The van der Waals surface area contributed by atoms with Gasteiger partial charge in [0.15, 0.2) is 0 Å². The zero-order chi connectivity index (χ0) is 13.1. The zero-order valence-electron chi connectivity index (χ0n) is 11.3. The Bertz CT molecular complexity index is 425. The van der Waals surface area contributed by atoms with Crippen molar-refractivity contribution in [2.75, 3.05) is 19.7 Å². The van der Waals surface area contributed by atoms with Gasteiger partial charge in [0.2, 0.25) is 0 Å². The van der Waals surface area contributed by atoms with Crippen LogP contribution in [0, 0.1) is 11.8 Å². The second-order valence-corrected chi connectivity index (χ2v) is 6.32. The third-order valence-corrected chi connectivity index (χ3v) is 4.46. The molecule has 19 heavy (non-hydrogen) atoms. The van der Waals surface area contributed by atoms with Gasteiger partial charge in [-0.3, -0.25) is 0 Å². The molecule has 1 aliphatic carbocycles. The molecule has 0 radical (unpaired) electrons. The first kappa shape index (κ1) is 13.3. The van der Waals surface area contributed by atoms with Crippen molar-refractivity contribution in [1.82, 2.24) is 5.32 Å². The fraction of sp³-hybridized carbons (Fsp3) is 0.625. The van der Waals surface area contributed by atoms with Crippen molar-refractivity contribution in [3.63, 3.8) is 0 Å². The van der Waals surface area contributed by atoms with Crippen LogP contribution in [0.4, 0.5) is 0 Å². The fourth-order valence-electron chi connectivity index (χ4n) is 2.70. The van der Waals surface area contributed by atoms with Gasteiger partial charge in [0.05, 0.1) is 11.6 Å². The molecule has 0 unspecified atom stereocenters. The van der Waals surface area contributed by atoms with Crippen LogP contribution in [0.25, 0.3) is 0 Å². The third kappa shape index (κ3) is 3.87. The topological polar surface area (TPSA) is 21.3 Å². The van der Waals surface area contributed by atoms with Crippen molar-refractivity contribution < 1.29 is 4.74 Å². The molecule has 1 N–H and O–H groups in total. The Kier molecular flexibility index (Phi) is 4.29. The lowest BCUT2D eigenvalue weighted by molar-refractivity contribution is 0.299. The summed E-state index contributed by atoms with van der Waals surface area (Å²) in [7, 11) is 0. The van der Waals surface area contributed by atoms with Gasteiger partial charge in [-0.15, -0.1) is 0 Å². The molecule has 0 amide bonds. The van der Waals surface area contributed by atoms with E-state index in [2.05, 4.69) is 17.4 Å². The minimum absolute atomic E-state index is 0.745. The van der Waals surface area contributed by atoms with E-state index in [0.29, 0.717) is 0 Å². The van der Waals surface area contributed by atoms with Crippen molar-refractivity contribution >= 4 is 11.6 Å². The standard InChI is InChI=1S/C16H22ClNO/c17-15-4-3-14(9-12-5-7-18-8-6-12)10-16(15)19-11-13-1-2-13/h3-4,10,12-13,18H,1-2,5-9,11H2. The molecule has 2 aliphatic rings. The number of halogens is 1. The molecule has 1 heterocycles. The number of nitrogens with one attached hydrogen (secondary N) is 1. The van der Waals surface area contributed by atoms with Crippen LogP contribution in [-0.4, -0.2) is 19.7 Å². The van der Waals surface area contributed by atoms with Gasteiger partial charge >= 0.3 is 0 Å². The van der Waals surface area contributed by atoms with Gasteiger partial charge in [0.1, 0.15) is 5.75 Å². The van der Waals surface area contributed by atoms with Gasteiger partial charge < -0.3 is 10.1 Å². The molecule has 1 aromatic carbocycles. The maximum Gasteiger partial charge on any atom is 0.138 e. The molecule has 0 spiro atoms. The number of rotatable bonds is 5. The van der Waals surface area contributed by atoms with E-state index in [-0.39, 0.29) is 0 Å². The summed E-state index contributed by atoms with van der Waals surface area (Å²) in [5.41, 5.74) is 1.36. The van der Waals surface area contributed by atoms with Crippen LogP contribution in [0.1, 0.15) is 31.2 Å². The Morgan fingerprint density at radius 3 is 2.63 bits per heavy atom. The molecular weight excluding hydrogens is 258 g/mol. The summed E-state index contributed by atoms with van der Waals surface area (Å²) < 4.78 is 5.85. The van der Waals surface area contributed by atoms with Crippen LogP contribution in [0.5, 0.6) is 5.75 Å². The lowest BCUT2D eigenvalue weighted by Crippen LogP contribution is -2.28. The molecule has 1 aliphatic heterocycles. The maximum atomic E-state index is 6.21. The molecule has 0 aromatic heterocycles. The molecule has 1 saturated heterocycles. The Balaban J connectivity index is 1.61. The van der Waals surface area contributed by atoms with Crippen LogP contribution in [0.2, 0.25) is 5.02 Å². The minimum Gasteiger partial charge on any atom is -0.492 e. The predicted molar refractivity (Wildman–Crippen MR) is 79.0 cm³/mol. The molecule has 2 nitrogen and oxygen atoms in total. The molecular formula is C16H22ClNO. The van der Waals surface area contributed by atoms with Crippen molar-refractivity contribution in [3.05, 3.63) is 28.8 Å². The SMILES string of the molecule is Clc1ccc(CC2CCNCC2)cc1OCC1CC1. The van der Waals surface area contributed by atoms with E-state index in [9.17, 15) is 0 Å². The second-order valence-electron chi connectivity index (χ2n) is 5.92. The summed E-state index contributed by atoms with van der Waals surface area (Å²) in [6.45, 7) is 3.14. The van der Waals surface area contributed by atoms with E-state index < -0.39 is 0 Å². The van der Waals surface area contributed by atoms with Crippen molar-refractivity contribution in [2.45, 2.75) is 32.1 Å². The third-order valence-electron chi connectivity index (χ3n) is 4.15. The molecule has 104 valence electrons. The van der Waals surface area contributed by atoms with E-state index in [0.717, 1.165) is 48.7 Å². The first-order chi connectivity index (χ1) is 9.31. The highest BCUT2D eigenvalue weighted by Crippen LogP contribution is 2.32. The zero-order valence-corrected chi connectivity index (χ0v) is 12.1. The van der Waals surface area contributed by atoms with Gasteiger partial charge in [0.25, 0.3) is 0 Å². The highest BCUT2D eigenvalue weighted by atomic mass is 35.5. The second kappa shape index (κ2) is 6.15. The Morgan fingerprint density at radius 2 is 1.89 bits per heavy atom. The highest BCUT2D eigenvalue weighted by molar-refractivity contribution is 6.32. The van der Waals surface area contributed by atoms with E-state index in [1.807, 2.05) is 6.07 Å². The fourth-order valence-corrected chi connectivity index (χ4v) is 2.87. The van der Waals surface area contributed by atoms with E-state index >= 15 is 0 Å². The lowest BCUT2D eigenvalue weighted by atomic mass is 9.91. The predicted octanol–water partition coefficient (Wildman–Crippen LogP) is 3.67. The summed E-state index contributed by atoms with van der Waals surface area (Å²) >= 11 is 6.21. The van der Waals surface area contributed by atoms with E-state index in [4.69, 9.17) is 16.3 Å². The monoisotopic (exact) mass is 279 g/mol. The molecule has 1 aromatic rings. The summed E-state index contributed by atoms with van der Waals surface area (Å²) in [6.07, 6.45) is 6.33. The minimum atomic E-state index is 0.745. The summed E-state index contributed by atoms with van der Waals surface area (Å²) in [5, 5.41) is 4.16. The highest BCUT2D eigenvalue weighted by Gasteiger charge is 2.22. The van der Waals surface area contributed by atoms with Gasteiger partial charge in [-0.25, -0.2) is 0 Å². The van der Waals surface area contributed by atoms with Crippen LogP contribution < -0.4 is 10.1 Å². The first-order valence-corrected chi connectivity index (χ1v) is 7.81. The Hall–Kier alpha value is -0.730. The van der Waals surface area contributed by atoms with E-state index in [1.165, 1.54) is 31.2 Å². The largest absolute Gasteiger partial charge is 0.492 e. The van der Waals surface area contributed by atoms with Crippen molar-refractivity contribution in [2.24, 2.45) is 11.8 Å². The average Bonchev–Trinajstić information content (AvgIpc) is 3.25. The van der Waals surface area contributed by atoms with Crippen LogP contribution in [-0.2, 0) is 6.42 Å². The van der Waals surface area contributed by atoms with Crippen molar-refractivity contribution in [3.8, 4) is 5.75 Å². The lowest BCUT2D eigenvalue weighted by Gasteiger charge is -2.22. The molecule has 0 atom stereocenters. The Labute approximate surface area is 120 Å². The molecule has 0 bridgehead atoms.